The van der Waals surface area contributed by atoms with E-state index in [0.717, 1.165) is 11.3 Å². The van der Waals surface area contributed by atoms with Crippen molar-refractivity contribution in [2.75, 3.05) is 7.05 Å². The molecule has 0 amide bonds. The Morgan fingerprint density at radius 3 is 2.62 bits per heavy atom. The number of H-pyrrole nitrogens is 1. The molecule has 0 unspecified atom stereocenters. The van der Waals surface area contributed by atoms with E-state index < -0.39 is 0 Å². The van der Waals surface area contributed by atoms with Gasteiger partial charge in [0.2, 0.25) is 0 Å². The summed E-state index contributed by atoms with van der Waals surface area (Å²) >= 11 is 0. The van der Waals surface area contributed by atoms with Crippen LogP contribution in [-0.2, 0) is 6.54 Å². The quantitative estimate of drug-likeness (QED) is 0.734. The molecular weight excluding hydrogens is 164 g/mol. The van der Waals surface area contributed by atoms with E-state index >= 15 is 0 Å². The lowest BCUT2D eigenvalue weighted by Gasteiger charge is -2.05. The maximum Gasteiger partial charge on any atom is 0.252 e. The van der Waals surface area contributed by atoms with E-state index in [1.165, 1.54) is 0 Å². The average molecular weight is 180 g/mol. The van der Waals surface area contributed by atoms with Crippen LogP contribution in [0.5, 0.6) is 0 Å². The van der Waals surface area contributed by atoms with Gasteiger partial charge in [0.25, 0.3) is 5.56 Å². The van der Waals surface area contributed by atoms with Gasteiger partial charge in [-0.2, -0.15) is 0 Å². The first-order valence-electron chi connectivity index (χ1n) is 4.52. The highest BCUT2D eigenvalue weighted by molar-refractivity contribution is 5.16. The van der Waals surface area contributed by atoms with E-state index in [1.54, 1.807) is 0 Å². The van der Waals surface area contributed by atoms with Crippen molar-refractivity contribution < 1.29 is 0 Å². The van der Waals surface area contributed by atoms with Crippen LogP contribution in [0.4, 0.5) is 0 Å². The zero-order valence-corrected chi connectivity index (χ0v) is 8.35. The summed E-state index contributed by atoms with van der Waals surface area (Å²) in [7, 11) is 1.83. The predicted octanol–water partition coefficient (Wildman–Crippen LogP) is 1.22. The summed E-state index contributed by atoms with van der Waals surface area (Å²) in [5, 5.41) is 2.95. The number of rotatable bonds is 3. The normalized spacial score (nSPS) is 10.8. The monoisotopic (exact) mass is 180 g/mol. The van der Waals surface area contributed by atoms with E-state index in [1.807, 2.05) is 19.2 Å². The Bertz CT molecular complexity index is 328. The van der Waals surface area contributed by atoms with Crippen molar-refractivity contribution in [1.29, 1.82) is 0 Å². The molecule has 72 valence electrons. The first-order valence-corrected chi connectivity index (χ1v) is 4.52. The molecule has 0 saturated heterocycles. The number of pyridine rings is 1. The van der Waals surface area contributed by atoms with Crippen LogP contribution in [0.1, 0.15) is 31.0 Å². The molecule has 2 N–H and O–H groups in total. The minimum atomic E-state index is 0.0144. The van der Waals surface area contributed by atoms with Crippen molar-refractivity contribution in [1.82, 2.24) is 10.3 Å². The van der Waals surface area contributed by atoms with Crippen molar-refractivity contribution >= 4 is 0 Å². The second kappa shape index (κ2) is 4.23. The molecule has 0 aliphatic rings. The Morgan fingerprint density at radius 1 is 1.46 bits per heavy atom. The summed E-state index contributed by atoms with van der Waals surface area (Å²) in [6, 6.07) is 3.85. The van der Waals surface area contributed by atoms with Crippen LogP contribution in [0, 0.1) is 0 Å². The van der Waals surface area contributed by atoms with E-state index in [-0.39, 0.29) is 5.56 Å². The van der Waals surface area contributed by atoms with Gasteiger partial charge < -0.3 is 10.3 Å². The van der Waals surface area contributed by atoms with Gasteiger partial charge in [-0.15, -0.1) is 0 Å². The number of hydrogen-bond acceptors (Lipinski definition) is 2. The van der Waals surface area contributed by atoms with Crippen LogP contribution < -0.4 is 10.9 Å². The molecule has 0 atom stereocenters. The van der Waals surface area contributed by atoms with E-state index in [4.69, 9.17) is 0 Å². The fourth-order valence-electron chi connectivity index (χ4n) is 1.19. The molecule has 0 bridgehead atoms. The summed E-state index contributed by atoms with van der Waals surface area (Å²) in [6.07, 6.45) is 0. The Morgan fingerprint density at radius 2 is 2.15 bits per heavy atom. The Kier molecular flexibility index (Phi) is 3.25. The molecule has 0 radical (unpaired) electrons. The van der Waals surface area contributed by atoms with Crippen molar-refractivity contribution in [3.05, 3.63) is 33.7 Å². The van der Waals surface area contributed by atoms with E-state index in [9.17, 15) is 4.79 Å². The highest BCUT2D eigenvalue weighted by atomic mass is 16.1. The summed E-state index contributed by atoms with van der Waals surface area (Å²) in [6.45, 7) is 4.74. The van der Waals surface area contributed by atoms with Gasteiger partial charge in [0.1, 0.15) is 0 Å². The second-order valence-corrected chi connectivity index (χ2v) is 3.45. The summed E-state index contributed by atoms with van der Waals surface area (Å²) in [4.78, 5) is 14.3. The molecule has 1 heterocycles. The van der Waals surface area contributed by atoms with Crippen molar-refractivity contribution in [2.45, 2.75) is 26.3 Å². The predicted molar refractivity (Wildman–Crippen MR) is 53.9 cm³/mol. The molecular formula is C10H16N2O. The van der Waals surface area contributed by atoms with Crippen LogP contribution in [0.3, 0.4) is 0 Å². The Balaban J connectivity index is 2.99. The lowest BCUT2D eigenvalue weighted by atomic mass is 10.1. The standard InChI is InChI=1S/C10H16N2O/c1-7(2)9-5-4-8(6-11-3)10(13)12-9/h4-5,7,11H,6H2,1-3H3,(H,12,13). The van der Waals surface area contributed by atoms with Crippen molar-refractivity contribution in [3.63, 3.8) is 0 Å². The number of aromatic amines is 1. The van der Waals surface area contributed by atoms with Crippen LogP contribution in [-0.4, -0.2) is 12.0 Å². The number of hydrogen-bond donors (Lipinski definition) is 2. The van der Waals surface area contributed by atoms with Gasteiger partial charge in [0, 0.05) is 17.8 Å². The van der Waals surface area contributed by atoms with Gasteiger partial charge >= 0.3 is 0 Å². The zero-order valence-electron chi connectivity index (χ0n) is 8.35. The fraction of sp³-hybridized carbons (Fsp3) is 0.500. The average Bonchev–Trinajstić information content (AvgIpc) is 2.08. The molecule has 1 aromatic heterocycles. The van der Waals surface area contributed by atoms with Gasteiger partial charge in [0.15, 0.2) is 0 Å². The highest BCUT2D eigenvalue weighted by Crippen LogP contribution is 2.08. The maximum absolute atomic E-state index is 11.4. The van der Waals surface area contributed by atoms with E-state index in [0.29, 0.717) is 12.5 Å². The van der Waals surface area contributed by atoms with Gasteiger partial charge in [-0.1, -0.05) is 19.9 Å². The van der Waals surface area contributed by atoms with E-state index in [2.05, 4.69) is 24.1 Å². The molecule has 3 heteroatoms. The minimum absolute atomic E-state index is 0.0144. The second-order valence-electron chi connectivity index (χ2n) is 3.45. The molecule has 0 aliphatic heterocycles. The summed E-state index contributed by atoms with van der Waals surface area (Å²) < 4.78 is 0. The van der Waals surface area contributed by atoms with Gasteiger partial charge in [-0.3, -0.25) is 4.79 Å². The lowest BCUT2D eigenvalue weighted by Crippen LogP contribution is -2.19. The number of aromatic nitrogens is 1. The molecule has 3 nitrogen and oxygen atoms in total. The van der Waals surface area contributed by atoms with Gasteiger partial charge in [-0.25, -0.2) is 0 Å². The largest absolute Gasteiger partial charge is 0.326 e. The Hall–Kier alpha value is -1.09. The van der Waals surface area contributed by atoms with Crippen LogP contribution in [0.25, 0.3) is 0 Å². The molecule has 0 aliphatic carbocycles. The molecule has 0 saturated carbocycles. The van der Waals surface area contributed by atoms with Gasteiger partial charge in [-0.05, 0) is 19.0 Å². The lowest BCUT2D eigenvalue weighted by molar-refractivity contribution is 0.778. The number of nitrogens with one attached hydrogen (secondary N) is 2. The molecule has 0 aromatic carbocycles. The molecule has 1 rings (SSSR count). The molecule has 0 spiro atoms. The minimum Gasteiger partial charge on any atom is -0.326 e. The third-order valence-corrected chi connectivity index (χ3v) is 2.00. The first-order chi connectivity index (χ1) is 6.15. The van der Waals surface area contributed by atoms with Crippen LogP contribution in [0.2, 0.25) is 0 Å². The summed E-state index contributed by atoms with van der Waals surface area (Å²) in [5.41, 5.74) is 1.79. The highest BCUT2D eigenvalue weighted by Gasteiger charge is 2.02. The van der Waals surface area contributed by atoms with Crippen molar-refractivity contribution in [2.24, 2.45) is 0 Å². The Labute approximate surface area is 78.2 Å². The van der Waals surface area contributed by atoms with Crippen LogP contribution >= 0.6 is 0 Å². The smallest absolute Gasteiger partial charge is 0.252 e. The zero-order chi connectivity index (χ0) is 9.84. The van der Waals surface area contributed by atoms with Gasteiger partial charge in [0.05, 0.1) is 0 Å². The van der Waals surface area contributed by atoms with Crippen LogP contribution in [0.15, 0.2) is 16.9 Å². The molecule has 0 fully saturated rings. The maximum atomic E-state index is 11.4. The first kappa shape index (κ1) is 9.99. The molecule has 1 aromatic rings. The fourth-order valence-corrected chi connectivity index (χ4v) is 1.19. The molecule has 13 heavy (non-hydrogen) atoms. The summed E-state index contributed by atoms with van der Waals surface area (Å²) in [5.74, 6) is 0.372. The SMILES string of the molecule is CNCc1ccc(C(C)C)[nH]c1=O. The third kappa shape index (κ3) is 2.42. The third-order valence-electron chi connectivity index (χ3n) is 2.00. The topological polar surface area (TPSA) is 44.9 Å². The van der Waals surface area contributed by atoms with Crippen molar-refractivity contribution in [3.8, 4) is 0 Å².